The molecule has 2 fully saturated rings. The molecule has 1 aromatic heterocycles. The fraction of sp³-hybridized carbons (Fsp3) is 0.390. The number of carbonyl (C=O) groups is 3. The Hall–Kier alpha value is -7.03. The number of hydrogen-bond acceptors (Lipinski definition) is 14. The van der Waals surface area contributed by atoms with Crippen LogP contribution in [0.3, 0.4) is 0 Å². The summed E-state index contributed by atoms with van der Waals surface area (Å²) in [6.45, 7) is 9.48. The molecule has 24 heteroatoms. The third kappa shape index (κ3) is 14.0. The number of aromatic hydroxyl groups is 1. The molecule has 17 nitrogen and oxygen atoms in total. The normalized spacial score (nSPS) is 18.0. The summed E-state index contributed by atoms with van der Waals surface area (Å²) in [6.07, 6.45) is 0.308. The molecule has 2 aliphatic rings. The van der Waals surface area contributed by atoms with Crippen molar-refractivity contribution in [2.24, 2.45) is 5.41 Å². The van der Waals surface area contributed by atoms with E-state index in [4.69, 9.17) is 49.0 Å². The number of anilines is 3. The van der Waals surface area contributed by atoms with E-state index in [2.05, 4.69) is 42.6 Å². The lowest BCUT2D eigenvalue weighted by atomic mass is 9.62. The van der Waals surface area contributed by atoms with E-state index in [1.165, 1.54) is 78.7 Å². The Morgan fingerprint density at radius 2 is 1.61 bits per heavy atom. The second-order valence-electron chi connectivity index (χ2n) is 21.2. The van der Waals surface area contributed by atoms with Crippen molar-refractivity contribution in [2.75, 3.05) is 102 Å². The fourth-order valence-corrected chi connectivity index (χ4v) is 11.2. The van der Waals surface area contributed by atoms with Gasteiger partial charge in [-0.3, -0.25) is 14.4 Å². The monoisotopic (exact) mass is 1200 g/mol. The van der Waals surface area contributed by atoms with Gasteiger partial charge in [0.1, 0.15) is 45.7 Å². The topological polar surface area (TPSA) is 215 Å². The van der Waals surface area contributed by atoms with Crippen LogP contribution in [-0.2, 0) is 24.5 Å². The number of nitrogens with zero attached hydrogens (tertiary/aromatic N) is 5. The lowest BCUT2D eigenvalue weighted by Gasteiger charge is -2.37. The molecule has 5 aromatic carbocycles. The predicted octanol–water partition coefficient (Wildman–Crippen LogP) is 9.62. The van der Waals surface area contributed by atoms with Crippen LogP contribution in [0.4, 0.5) is 35.0 Å². The zero-order chi connectivity index (χ0) is 59.8. The van der Waals surface area contributed by atoms with Crippen molar-refractivity contribution >= 4 is 80.9 Å². The summed E-state index contributed by atoms with van der Waals surface area (Å²) in [6, 6.07) is 17.8. The van der Waals surface area contributed by atoms with Gasteiger partial charge in [-0.2, -0.15) is 10.2 Å². The zero-order valence-corrected chi connectivity index (χ0v) is 48.5. The van der Waals surface area contributed by atoms with Crippen LogP contribution in [0.15, 0.2) is 78.9 Å². The van der Waals surface area contributed by atoms with Crippen molar-refractivity contribution in [3.05, 3.63) is 134 Å². The summed E-state index contributed by atoms with van der Waals surface area (Å²) < 4.78 is 80.6. The molecular formula is C59H63Cl3F4N10O7. The van der Waals surface area contributed by atoms with Crippen molar-refractivity contribution in [1.29, 1.82) is 5.26 Å². The van der Waals surface area contributed by atoms with Crippen molar-refractivity contribution < 1.29 is 51.3 Å². The van der Waals surface area contributed by atoms with Gasteiger partial charge in [0.25, 0.3) is 5.91 Å². The van der Waals surface area contributed by atoms with Crippen LogP contribution in [0.5, 0.6) is 11.5 Å². The van der Waals surface area contributed by atoms with E-state index in [9.17, 15) is 29.1 Å². The maximum Gasteiger partial charge on any atom is 0.251 e. The number of carbonyl (C=O) groups excluding carboxylic acids is 3. The third-order valence-corrected chi connectivity index (χ3v) is 15.3. The van der Waals surface area contributed by atoms with Gasteiger partial charge in [0.15, 0.2) is 5.82 Å². The Morgan fingerprint density at radius 3 is 2.31 bits per heavy atom. The second-order valence-corrected chi connectivity index (χ2v) is 22.5. The summed E-state index contributed by atoms with van der Waals surface area (Å²) in [5.74, 6) is -6.04. The van der Waals surface area contributed by atoms with Crippen molar-refractivity contribution in [3.63, 3.8) is 0 Å². The molecule has 8 rings (SSSR count). The number of phenols is 1. The first kappa shape index (κ1) is 62.0. The summed E-state index contributed by atoms with van der Waals surface area (Å²) in [5.41, 5.74) is -2.93. The minimum atomic E-state index is -1.84. The Kier molecular flexibility index (Phi) is 20.3. The number of likely N-dealkylation sites (N-methyl/N-ethyl adjacent to an activating group) is 1. The number of aromatic nitrogens is 2. The average Bonchev–Trinajstić information content (AvgIpc) is 3.26. The van der Waals surface area contributed by atoms with Gasteiger partial charge in [-0.15, -0.1) is 0 Å². The Morgan fingerprint density at radius 1 is 0.880 bits per heavy atom. The maximum absolute atomic E-state index is 16.4. The molecular weight excluding hydrogens is 1140 g/mol. The number of hydrogen-bond donors (Lipinski definition) is 6. The van der Waals surface area contributed by atoms with Crippen LogP contribution in [0.1, 0.15) is 61.0 Å². The Bertz CT molecular complexity index is 3400. The SMILES string of the molecule is COc1cc(C(=O)NCCOCCOCCN(C)C(=O)CCNc2nc(N3CCNCC3)c3cc(Cl)c(-c4c(O)cccc4F)c(F)c3n2)ccc1NC(=O)[C@@H]1N[C@@H](CC(C)(C)C)[C@](C#N)(c2ccc(Cl)cc2F)[C@H]1c1cccc(Cl)c1F. The van der Waals surface area contributed by atoms with E-state index in [1.54, 1.807) is 7.05 Å². The molecule has 0 unspecified atom stereocenters. The van der Waals surface area contributed by atoms with Gasteiger partial charge in [-0.1, -0.05) is 79.8 Å². The molecule has 3 amide bonds. The average molecular weight is 1210 g/mol. The number of halogens is 7. The van der Waals surface area contributed by atoms with Crippen LogP contribution < -0.4 is 36.2 Å². The highest BCUT2D eigenvalue weighted by Gasteiger charge is 2.61. The Labute approximate surface area is 492 Å². The second kappa shape index (κ2) is 27.1. The molecule has 440 valence electrons. The first-order valence-electron chi connectivity index (χ1n) is 26.8. The molecule has 0 aliphatic carbocycles. The molecule has 2 aliphatic heterocycles. The first-order chi connectivity index (χ1) is 39.7. The van der Waals surface area contributed by atoms with Gasteiger partial charge in [-0.05, 0) is 72.0 Å². The first-order valence-corrected chi connectivity index (χ1v) is 27.9. The number of fused-ring (bicyclic) bond motifs is 1. The number of amides is 3. The van der Waals surface area contributed by atoms with Gasteiger partial charge < -0.3 is 55.7 Å². The van der Waals surface area contributed by atoms with E-state index in [0.29, 0.717) is 37.4 Å². The van der Waals surface area contributed by atoms with Crippen molar-refractivity contribution in [2.45, 2.75) is 57.0 Å². The quantitative estimate of drug-likeness (QED) is 0.0276. The van der Waals surface area contributed by atoms with E-state index >= 15 is 13.2 Å². The standard InChI is InChI=1S/C59H63Cl3F4N10O7/c1-58(2,3)31-45-59(32-67,37-14-13-34(60)29-41(37)64)49(35-8-6-9-38(61)50(35)65)53(72-45)56(80)71-42-15-12-33(28-44(42)81-5)55(79)69-20-24-82-26-27-83-25-23-75(4)46(78)16-17-70-57-73-52-36(54(74-57)76-21-18-68-19-22-76)30-39(62)47(51(52)66)48-40(63)10-7-11-43(48)77/h6-15,28-30,45,49,53,68,72,77H,16-27,31H2,1-5H3,(H,69,79)(H,71,80)(H,70,73,74)/t45-,49-,53+,59-/m0/s1. The number of methoxy groups -OCH3 is 1. The van der Waals surface area contributed by atoms with Crippen LogP contribution in [-0.4, -0.2) is 136 Å². The van der Waals surface area contributed by atoms with E-state index in [0.717, 1.165) is 12.1 Å². The highest BCUT2D eigenvalue weighted by Crippen LogP contribution is 2.53. The molecule has 3 heterocycles. The summed E-state index contributed by atoms with van der Waals surface area (Å²) in [4.78, 5) is 53.5. The van der Waals surface area contributed by atoms with E-state index in [1.807, 2.05) is 25.7 Å². The van der Waals surface area contributed by atoms with Crippen molar-refractivity contribution in [3.8, 4) is 28.7 Å². The third-order valence-electron chi connectivity index (χ3n) is 14.5. The lowest BCUT2D eigenvalue weighted by Crippen LogP contribution is -2.45. The van der Waals surface area contributed by atoms with Gasteiger partial charge in [-0.25, -0.2) is 22.5 Å². The van der Waals surface area contributed by atoms with E-state index < -0.39 is 75.2 Å². The van der Waals surface area contributed by atoms with Gasteiger partial charge in [0.2, 0.25) is 17.8 Å². The van der Waals surface area contributed by atoms with Gasteiger partial charge in [0.05, 0.1) is 66.9 Å². The number of ether oxygens (including phenoxy) is 3. The molecule has 0 saturated carbocycles. The highest BCUT2D eigenvalue weighted by atomic mass is 35.5. The number of nitrogens with one attached hydrogen (secondary N) is 5. The molecule has 6 N–H and O–H groups in total. The number of piperazine rings is 1. The zero-order valence-electron chi connectivity index (χ0n) is 46.2. The molecule has 0 bridgehead atoms. The predicted molar refractivity (Wildman–Crippen MR) is 311 cm³/mol. The molecule has 6 aromatic rings. The van der Waals surface area contributed by atoms with Crippen LogP contribution in [0.2, 0.25) is 15.1 Å². The van der Waals surface area contributed by atoms with Gasteiger partial charge in [0, 0.05) is 98.3 Å². The molecule has 4 atom stereocenters. The smallest absolute Gasteiger partial charge is 0.251 e. The molecule has 0 spiro atoms. The Balaban J connectivity index is 0.805. The fourth-order valence-electron chi connectivity index (χ4n) is 10.5. The number of phenolic OH excluding ortho intramolecular Hbond substituents is 1. The highest BCUT2D eigenvalue weighted by molar-refractivity contribution is 6.34. The van der Waals surface area contributed by atoms with Crippen LogP contribution >= 0.6 is 34.8 Å². The van der Waals surface area contributed by atoms with E-state index in [-0.39, 0.29) is 125 Å². The van der Waals surface area contributed by atoms with Gasteiger partial charge >= 0.3 is 0 Å². The molecule has 83 heavy (non-hydrogen) atoms. The van der Waals surface area contributed by atoms with Crippen molar-refractivity contribution in [1.82, 2.24) is 30.8 Å². The molecule has 0 radical (unpaired) electrons. The minimum Gasteiger partial charge on any atom is -0.507 e. The lowest BCUT2D eigenvalue weighted by molar-refractivity contribution is -0.130. The largest absolute Gasteiger partial charge is 0.507 e. The molecule has 2 saturated heterocycles. The van der Waals surface area contributed by atoms with Crippen LogP contribution in [0.25, 0.3) is 22.0 Å². The van der Waals surface area contributed by atoms with Crippen LogP contribution in [0, 0.1) is 40.0 Å². The maximum atomic E-state index is 16.4. The number of nitriles is 1. The summed E-state index contributed by atoms with van der Waals surface area (Å²) in [5, 5.41) is 36.9. The minimum absolute atomic E-state index is 0.0354. The summed E-state index contributed by atoms with van der Waals surface area (Å²) >= 11 is 19.0. The number of rotatable bonds is 22. The number of benzene rings is 5. The summed E-state index contributed by atoms with van der Waals surface area (Å²) in [7, 11) is 2.99.